The highest BCUT2D eigenvalue weighted by Gasteiger charge is 2.30. The Morgan fingerprint density at radius 3 is 2.19 bits per heavy atom. The van der Waals surface area contributed by atoms with Crippen LogP contribution in [0.25, 0.3) is 0 Å². The first-order valence-corrected chi connectivity index (χ1v) is 6.49. The second-order valence-electron chi connectivity index (χ2n) is 5.43. The minimum absolute atomic E-state index is 0.497. The van der Waals surface area contributed by atoms with Gasteiger partial charge in [-0.1, -0.05) is 44.2 Å². The molecular formula is C15H23N. The van der Waals surface area contributed by atoms with Gasteiger partial charge >= 0.3 is 0 Å². The molecule has 0 bridgehead atoms. The monoisotopic (exact) mass is 217 g/mol. The fraction of sp³-hybridized carbons (Fsp3) is 0.600. The Morgan fingerprint density at radius 1 is 1.06 bits per heavy atom. The van der Waals surface area contributed by atoms with E-state index in [-0.39, 0.29) is 0 Å². The van der Waals surface area contributed by atoms with Crippen LogP contribution in [0.4, 0.5) is 0 Å². The third-order valence-corrected chi connectivity index (χ3v) is 3.60. The lowest BCUT2D eigenvalue weighted by atomic mass is 9.95. The average molecular weight is 217 g/mol. The van der Waals surface area contributed by atoms with Crippen molar-refractivity contribution in [3.05, 3.63) is 35.9 Å². The predicted octanol–water partition coefficient (Wildman–Crippen LogP) is 3.77. The standard InChI is InChI=1S/C15H23N/c1-11(2)15(14-7-5-4-6-8-14)16-12(3)13-9-10-13/h4-8,11-13,15-16H,9-10H2,1-3H3/t12-,15+/m1/s1. The lowest BCUT2D eigenvalue weighted by Gasteiger charge is -2.27. The maximum atomic E-state index is 3.79. The van der Waals surface area contributed by atoms with E-state index in [1.807, 2.05) is 0 Å². The van der Waals surface area contributed by atoms with Crippen LogP contribution in [-0.2, 0) is 0 Å². The minimum Gasteiger partial charge on any atom is -0.307 e. The van der Waals surface area contributed by atoms with Crippen molar-refractivity contribution in [1.82, 2.24) is 5.32 Å². The molecule has 1 aromatic rings. The maximum absolute atomic E-state index is 3.79. The lowest BCUT2D eigenvalue weighted by molar-refractivity contribution is 0.351. The predicted molar refractivity (Wildman–Crippen MR) is 69.3 cm³/mol. The van der Waals surface area contributed by atoms with Crippen molar-refractivity contribution in [1.29, 1.82) is 0 Å². The largest absolute Gasteiger partial charge is 0.307 e. The summed E-state index contributed by atoms with van der Waals surface area (Å²) < 4.78 is 0. The molecule has 0 aromatic heterocycles. The first-order valence-electron chi connectivity index (χ1n) is 6.49. The molecule has 1 saturated carbocycles. The fourth-order valence-electron chi connectivity index (χ4n) is 2.35. The van der Waals surface area contributed by atoms with E-state index < -0.39 is 0 Å². The van der Waals surface area contributed by atoms with Crippen LogP contribution in [0.2, 0.25) is 0 Å². The molecule has 2 atom stereocenters. The Bertz CT molecular complexity index is 313. The lowest BCUT2D eigenvalue weighted by Crippen LogP contribution is -2.34. The molecule has 1 aliphatic carbocycles. The molecule has 1 nitrogen and oxygen atoms in total. The number of hydrogen-bond donors (Lipinski definition) is 1. The zero-order valence-electron chi connectivity index (χ0n) is 10.6. The third-order valence-electron chi connectivity index (χ3n) is 3.60. The van der Waals surface area contributed by atoms with Crippen LogP contribution >= 0.6 is 0 Å². The van der Waals surface area contributed by atoms with Crippen LogP contribution in [0, 0.1) is 11.8 Å². The van der Waals surface area contributed by atoms with Gasteiger partial charge in [-0.05, 0) is 37.2 Å². The van der Waals surface area contributed by atoms with Crippen molar-refractivity contribution in [2.45, 2.75) is 45.7 Å². The molecule has 1 aliphatic rings. The van der Waals surface area contributed by atoms with Gasteiger partial charge in [0.2, 0.25) is 0 Å². The molecular weight excluding hydrogens is 194 g/mol. The molecule has 1 fully saturated rings. The Hall–Kier alpha value is -0.820. The van der Waals surface area contributed by atoms with Gasteiger partial charge < -0.3 is 5.32 Å². The van der Waals surface area contributed by atoms with Crippen molar-refractivity contribution >= 4 is 0 Å². The van der Waals surface area contributed by atoms with Gasteiger partial charge in [-0.2, -0.15) is 0 Å². The average Bonchev–Trinajstić information content (AvgIpc) is 3.10. The maximum Gasteiger partial charge on any atom is 0.0345 e. The summed E-state index contributed by atoms with van der Waals surface area (Å²) in [4.78, 5) is 0. The molecule has 1 heteroatoms. The summed E-state index contributed by atoms with van der Waals surface area (Å²) >= 11 is 0. The van der Waals surface area contributed by atoms with Crippen LogP contribution in [0.1, 0.15) is 45.2 Å². The van der Waals surface area contributed by atoms with E-state index in [1.54, 1.807) is 0 Å². The van der Waals surface area contributed by atoms with E-state index in [9.17, 15) is 0 Å². The quantitative estimate of drug-likeness (QED) is 0.791. The molecule has 0 saturated heterocycles. The Balaban J connectivity index is 2.05. The second-order valence-corrected chi connectivity index (χ2v) is 5.43. The summed E-state index contributed by atoms with van der Waals surface area (Å²) in [5.41, 5.74) is 1.42. The van der Waals surface area contributed by atoms with Gasteiger partial charge in [0.25, 0.3) is 0 Å². The van der Waals surface area contributed by atoms with Crippen molar-refractivity contribution in [2.24, 2.45) is 11.8 Å². The second kappa shape index (κ2) is 5.01. The molecule has 2 rings (SSSR count). The minimum atomic E-state index is 0.497. The summed E-state index contributed by atoms with van der Waals surface area (Å²) in [5, 5.41) is 3.79. The number of nitrogens with one attached hydrogen (secondary N) is 1. The van der Waals surface area contributed by atoms with Gasteiger partial charge in [0.1, 0.15) is 0 Å². The summed E-state index contributed by atoms with van der Waals surface area (Å²) in [7, 11) is 0. The highest BCUT2D eigenvalue weighted by atomic mass is 15.0. The van der Waals surface area contributed by atoms with Gasteiger partial charge in [0.05, 0.1) is 0 Å². The van der Waals surface area contributed by atoms with E-state index >= 15 is 0 Å². The van der Waals surface area contributed by atoms with Crippen LogP contribution < -0.4 is 5.32 Å². The first kappa shape index (κ1) is 11.7. The van der Waals surface area contributed by atoms with Gasteiger partial charge in [-0.25, -0.2) is 0 Å². The number of hydrogen-bond acceptors (Lipinski definition) is 1. The SMILES string of the molecule is CC(C)[C@H](N[C@H](C)C1CC1)c1ccccc1. The van der Waals surface area contributed by atoms with Crippen molar-refractivity contribution in [2.75, 3.05) is 0 Å². The molecule has 88 valence electrons. The highest BCUT2D eigenvalue weighted by Crippen LogP contribution is 2.34. The fourth-order valence-corrected chi connectivity index (χ4v) is 2.35. The Morgan fingerprint density at radius 2 is 1.69 bits per heavy atom. The zero-order valence-corrected chi connectivity index (χ0v) is 10.6. The van der Waals surface area contributed by atoms with E-state index in [2.05, 4.69) is 56.4 Å². The van der Waals surface area contributed by atoms with Crippen LogP contribution in [0.3, 0.4) is 0 Å². The van der Waals surface area contributed by atoms with E-state index in [4.69, 9.17) is 0 Å². The highest BCUT2D eigenvalue weighted by molar-refractivity contribution is 5.19. The van der Waals surface area contributed by atoms with Crippen molar-refractivity contribution in [3.8, 4) is 0 Å². The van der Waals surface area contributed by atoms with Gasteiger partial charge in [-0.15, -0.1) is 0 Å². The van der Waals surface area contributed by atoms with Gasteiger partial charge in [0.15, 0.2) is 0 Å². The topological polar surface area (TPSA) is 12.0 Å². The molecule has 0 amide bonds. The van der Waals surface area contributed by atoms with E-state index in [0.717, 1.165) is 5.92 Å². The van der Waals surface area contributed by atoms with E-state index in [1.165, 1.54) is 18.4 Å². The molecule has 1 N–H and O–H groups in total. The van der Waals surface area contributed by atoms with Crippen LogP contribution in [-0.4, -0.2) is 6.04 Å². The third kappa shape index (κ3) is 2.85. The smallest absolute Gasteiger partial charge is 0.0345 e. The molecule has 0 spiro atoms. The van der Waals surface area contributed by atoms with Gasteiger partial charge in [-0.3, -0.25) is 0 Å². The Labute approximate surface area is 99.3 Å². The molecule has 16 heavy (non-hydrogen) atoms. The first-order chi connectivity index (χ1) is 7.68. The van der Waals surface area contributed by atoms with Crippen LogP contribution in [0.15, 0.2) is 30.3 Å². The van der Waals surface area contributed by atoms with E-state index in [0.29, 0.717) is 18.0 Å². The molecule has 0 heterocycles. The molecule has 0 aliphatic heterocycles. The zero-order chi connectivity index (χ0) is 11.5. The molecule has 1 aromatic carbocycles. The summed E-state index contributed by atoms with van der Waals surface area (Å²) in [6, 6.07) is 12.0. The molecule has 0 unspecified atom stereocenters. The summed E-state index contributed by atoms with van der Waals surface area (Å²) in [6.45, 7) is 6.92. The Kier molecular flexibility index (Phi) is 3.65. The van der Waals surface area contributed by atoms with Crippen molar-refractivity contribution in [3.63, 3.8) is 0 Å². The van der Waals surface area contributed by atoms with Crippen LogP contribution in [0.5, 0.6) is 0 Å². The number of rotatable bonds is 5. The summed E-state index contributed by atoms with van der Waals surface area (Å²) in [6.07, 6.45) is 2.82. The normalized spacial score (nSPS) is 19.8. The van der Waals surface area contributed by atoms with Crippen molar-refractivity contribution < 1.29 is 0 Å². The molecule has 0 radical (unpaired) electrons. The summed E-state index contributed by atoms with van der Waals surface area (Å²) in [5.74, 6) is 1.56. The van der Waals surface area contributed by atoms with Gasteiger partial charge in [0, 0.05) is 12.1 Å². The number of benzene rings is 1.